The molecular formula is C14H24N2O2. The molecule has 0 aliphatic rings. The molecule has 2 N–H and O–H groups in total. The summed E-state index contributed by atoms with van der Waals surface area (Å²) < 4.78 is 10.7. The van der Waals surface area contributed by atoms with Crippen LogP contribution in [0.25, 0.3) is 0 Å². The Morgan fingerprint density at radius 3 is 2.28 bits per heavy atom. The number of hydrogen-bond donors (Lipinski definition) is 1. The summed E-state index contributed by atoms with van der Waals surface area (Å²) in [6.45, 7) is 6.75. The van der Waals surface area contributed by atoms with Gasteiger partial charge in [0.05, 0.1) is 20.3 Å². The van der Waals surface area contributed by atoms with Crippen LogP contribution in [0.2, 0.25) is 0 Å². The molecule has 0 aliphatic carbocycles. The Labute approximate surface area is 110 Å². The minimum atomic E-state index is 0.157. The van der Waals surface area contributed by atoms with Crippen LogP contribution in [0.15, 0.2) is 18.2 Å². The summed E-state index contributed by atoms with van der Waals surface area (Å²) in [5, 5.41) is 0. The van der Waals surface area contributed by atoms with Crippen molar-refractivity contribution in [2.45, 2.75) is 19.9 Å². The average molecular weight is 252 g/mol. The summed E-state index contributed by atoms with van der Waals surface area (Å²) in [5.74, 6) is 1.69. The van der Waals surface area contributed by atoms with Crippen molar-refractivity contribution in [3.8, 4) is 11.5 Å². The van der Waals surface area contributed by atoms with Crippen molar-refractivity contribution in [1.82, 2.24) is 4.90 Å². The highest BCUT2D eigenvalue weighted by Gasteiger charge is 2.20. The second-order valence-corrected chi connectivity index (χ2v) is 4.08. The molecule has 0 fully saturated rings. The van der Waals surface area contributed by atoms with Gasteiger partial charge in [-0.05, 0) is 31.3 Å². The van der Waals surface area contributed by atoms with Crippen LogP contribution in [-0.2, 0) is 0 Å². The summed E-state index contributed by atoms with van der Waals surface area (Å²) in [6.07, 6.45) is 0. The molecule has 0 unspecified atom stereocenters. The molecule has 0 amide bonds. The maximum atomic E-state index is 5.93. The topological polar surface area (TPSA) is 47.7 Å². The zero-order chi connectivity index (χ0) is 13.5. The number of hydrogen-bond acceptors (Lipinski definition) is 4. The van der Waals surface area contributed by atoms with Crippen LogP contribution >= 0.6 is 0 Å². The average Bonchev–Trinajstić information content (AvgIpc) is 2.43. The third-order valence-corrected chi connectivity index (χ3v) is 3.27. The van der Waals surface area contributed by atoms with Gasteiger partial charge in [-0.1, -0.05) is 13.8 Å². The van der Waals surface area contributed by atoms with Gasteiger partial charge < -0.3 is 15.2 Å². The molecule has 0 heterocycles. The molecule has 0 aliphatic heterocycles. The lowest BCUT2D eigenvalue weighted by Crippen LogP contribution is -2.33. The van der Waals surface area contributed by atoms with Crippen LogP contribution in [0.5, 0.6) is 11.5 Å². The molecule has 1 aromatic rings. The fourth-order valence-electron chi connectivity index (χ4n) is 2.24. The highest BCUT2D eigenvalue weighted by atomic mass is 16.5. The number of likely N-dealkylation sites (N-methyl/N-ethyl adjacent to an activating group) is 1. The molecule has 1 aromatic carbocycles. The first kappa shape index (κ1) is 14.8. The molecule has 0 bridgehead atoms. The molecule has 0 saturated carbocycles. The molecule has 0 radical (unpaired) electrons. The van der Waals surface area contributed by atoms with E-state index in [9.17, 15) is 0 Å². The lowest BCUT2D eigenvalue weighted by Gasteiger charge is -2.30. The lowest BCUT2D eigenvalue weighted by molar-refractivity contribution is 0.219. The standard InChI is InChI=1S/C14H24N2O2/c1-5-16(6-2)13(10-15)12-9-11(17-3)7-8-14(12)18-4/h7-9,13H,5-6,10,15H2,1-4H3/t13-/m1/s1. The van der Waals surface area contributed by atoms with E-state index in [1.807, 2.05) is 18.2 Å². The smallest absolute Gasteiger partial charge is 0.123 e. The van der Waals surface area contributed by atoms with E-state index in [0.29, 0.717) is 6.54 Å². The fraction of sp³-hybridized carbons (Fsp3) is 0.571. The number of ether oxygens (including phenoxy) is 2. The second kappa shape index (κ2) is 7.24. The quantitative estimate of drug-likeness (QED) is 0.807. The maximum absolute atomic E-state index is 5.93. The molecule has 0 saturated heterocycles. The van der Waals surface area contributed by atoms with Crippen molar-refractivity contribution in [2.75, 3.05) is 33.9 Å². The first-order chi connectivity index (χ1) is 8.71. The van der Waals surface area contributed by atoms with E-state index in [4.69, 9.17) is 15.2 Å². The highest BCUT2D eigenvalue weighted by Crippen LogP contribution is 2.32. The van der Waals surface area contributed by atoms with E-state index in [1.54, 1.807) is 14.2 Å². The Morgan fingerprint density at radius 1 is 1.17 bits per heavy atom. The monoisotopic (exact) mass is 252 g/mol. The highest BCUT2D eigenvalue weighted by molar-refractivity contribution is 5.42. The van der Waals surface area contributed by atoms with Crippen LogP contribution in [0.1, 0.15) is 25.5 Å². The van der Waals surface area contributed by atoms with Crippen LogP contribution in [-0.4, -0.2) is 38.8 Å². The largest absolute Gasteiger partial charge is 0.497 e. The second-order valence-electron chi connectivity index (χ2n) is 4.08. The van der Waals surface area contributed by atoms with E-state index in [0.717, 1.165) is 30.2 Å². The summed E-state index contributed by atoms with van der Waals surface area (Å²) in [4.78, 5) is 2.32. The summed E-state index contributed by atoms with van der Waals surface area (Å²) in [6, 6.07) is 6.00. The van der Waals surface area contributed by atoms with Crippen LogP contribution < -0.4 is 15.2 Å². The van der Waals surface area contributed by atoms with Crippen LogP contribution in [0.4, 0.5) is 0 Å². The van der Waals surface area contributed by atoms with Crippen molar-refractivity contribution in [1.29, 1.82) is 0 Å². The molecule has 1 atom stereocenters. The van der Waals surface area contributed by atoms with E-state index in [1.165, 1.54) is 0 Å². The van der Waals surface area contributed by atoms with Gasteiger partial charge in [-0.3, -0.25) is 4.90 Å². The Morgan fingerprint density at radius 2 is 1.83 bits per heavy atom. The van der Waals surface area contributed by atoms with Crippen molar-refractivity contribution in [3.63, 3.8) is 0 Å². The van der Waals surface area contributed by atoms with Gasteiger partial charge in [-0.15, -0.1) is 0 Å². The normalized spacial score (nSPS) is 12.6. The fourth-order valence-corrected chi connectivity index (χ4v) is 2.24. The van der Waals surface area contributed by atoms with Gasteiger partial charge in [0.25, 0.3) is 0 Å². The summed E-state index contributed by atoms with van der Waals surface area (Å²) in [7, 11) is 3.35. The first-order valence-electron chi connectivity index (χ1n) is 6.37. The summed E-state index contributed by atoms with van der Waals surface area (Å²) >= 11 is 0. The molecule has 0 spiro atoms. The van der Waals surface area contributed by atoms with Gasteiger partial charge in [0.15, 0.2) is 0 Å². The molecule has 4 heteroatoms. The van der Waals surface area contributed by atoms with Crippen molar-refractivity contribution >= 4 is 0 Å². The van der Waals surface area contributed by atoms with Gasteiger partial charge in [0.2, 0.25) is 0 Å². The Balaban J connectivity index is 3.16. The minimum Gasteiger partial charge on any atom is -0.497 e. The summed E-state index contributed by atoms with van der Waals surface area (Å²) in [5.41, 5.74) is 7.02. The van der Waals surface area contributed by atoms with Gasteiger partial charge in [0.1, 0.15) is 11.5 Å². The third-order valence-electron chi connectivity index (χ3n) is 3.27. The van der Waals surface area contributed by atoms with Crippen LogP contribution in [0.3, 0.4) is 0 Å². The first-order valence-corrected chi connectivity index (χ1v) is 6.37. The van der Waals surface area contributed by atoms with Gasteiger partial charge >= 0.3 is 0 Å². The Bertz CT molecular complexity index is 365. The maximum Gasteiger partial charge on any atom is 0.123 e. The van der Waals surface area contributed by atoms with Gasteiger partial charge in [0, 0.05) is 12.1 Å². The molecule has 18 heavy (non-hydrogen) atoms. The zero-order valence-corrected chi connectivity index (χ0v) is 11.8. The van der Waals surface area contributed by atoms with Crippen molar-refractivity contribution < 1.29 is 9.47 Å². The number of nitrogens with two attached hydrogens (primary N) is 1. The number of methoxy groups -OCH3 is 2. The van der Waals surface area contributed by atoms with E-state index in [2.05, 4.69) is 18.7 Å². The van der Waals surface area contributed by atoms with E-state index >= 15 is 0 Å². The Hall–Kier alpha value is -1.26. The Kier molecular flexibility index (Phi) is 5.95. The predicted molar refractivity (Wildman–Crippen MR) is 74.3 cm³/mol. The van der Waals surface area contributed by atoms with E-state index in [-0.39, 0.29) is 6.04 Å². The minimum absolute atomic E-state index is 0.157. The lowest BCUT2D eigenvalue weighted by atomic mass is 10.0. The SMILES string of the molecule is CCN(CC)[C@H](CN)c1cc(OC)ccc1OC. The molecule has 102 valence electrons. The molecule has 4 nitrogen and oxygen atoms in total. The number of benzene rings is 1. The van der Waals surface area contributed by atoms with Gasteiger partial charge in [-0.2, -0.15) is 0 Å². The van der Waals surface area contributed by atoms with Crippen molar-refractivity contribution in [2.24, 2.45) is 5.73 Å². The molecule has 0 aromatic heterocycles. The van der Waals surface area contributed by atoms with Crippen LogP contribution in [0, 0.1) is 0 Å². The zero-order valence-electron chi connectivity index (χ0n) is 11.8. The number of rotatable bonds is 7. The third kappa shape index (κ3) is 3.15. The number of nitrogens with zero attached hydrogens (tertiary/aromatic N) is 1. The van der Waals surface area contributed by atoms with E-state index < -0.39 is 0 Å². The van der Waals surface area contributed by atoms with Gasteiger partial charge in [-0.25, -0.2) is 0 Å². The van der Waals surface area contributed by atoms with Crippen molar-refractivity contribution in [3.05, 3.63) is 23.8 Å². The molecular weight excluding hydrogens is 228 g/mol. The predicted octanol–water partition coefficient (Wildman–Crippen LogP) is 2.05. The molecule has 1 rings (SSSR count).